The van der Waals surface area contributed by atoms with Gasteiger partial charge in [0.15, 0.2) is 0 Å². The van der Waals surface area contributed by atoms with Gasteiger partial charge in [0.25, 0.3) is 0 Å². The summed E-state index contributed by atoms with van der Waals surface area (Å²) >= 11 is 0.279. The zero-order valence-electron chi connectivity index (χ0n) is 23.6. The molecule has 7 heteroatoms. The van der Waals surface area contributed by atoms with Crippen molar-refractivity contribution in [3.8, 4) is 11.8 Å². The molecule has 0 radical (unpaired) electrons. The summed E-state index contributed by atoms with van der Waals surface area (Å²) in [6, 6.07) is 16.3. The second kappa shape index (κ2) is 13.5. The molecule has 0 saturated carbocycles. The molecule has 3 aromatic rings. The zero-order valence-corrected chi connectivity index (χ0v) is 25.2. The molecule has 0 saturated heterocycles. The van der Waals surface area contributed by atoms with Crippen LogP contribution >= 0.6 is 11.3 Å². The van der Waals surface area contributed by atoms with E-state index >= 15 is 0 Å². The lowest BCUT2D eigenvalue weighted by Crippen LogP contribution is -2.53. The molecule has 2 atom stereocenters. The van der Waals surface area contributed by atoms with E-state index in [1.54, 1.807) is 11.3 Å². The molecule has 0 bridgehead atoms. The first-order valence-electron chi connectivity index (χ1n) is 12.7. The van der Waals surface area contributed by atoms with Gasteiger partial charge < -0.3 is 14.0 Å². The highest BCUT2D eigenvalue weighted by molar-refractivity contribution is 7.90. The van der Waals surface area contributed by atoms with Crippen molar-refractivity contribution >= 4 is 44.8 Å². The Morgan fingerprint density at radius 2 is 1.90 bits per heavy atom. The number of esters is 1. The number of ether oxygens (including phenoxy) is 2. The molecule has 0 amide bonds. The van der Waals surface area contributed by atoms with Gasteiger partial charge in [0, 0.05) is 26.5 Å². The first-order chi connectivity index (χ1) is 18.4. The number of nitrogens with one attached hydrogen (secondary N) is 1. The summed E-state index contributed by atoms with van der Waals surface area (Å²) in [5, 5.41) is 1.14. The third-order valence-electron chi connectivity index (χ3n) is 6.24. The molecular formula is C32H37NO4S2. The number of fused-ring (bicyclic) bond motifs is 1. The van der Waals surface area contributed by atoms with Crippen molar-refractivity contribution in [3.05, 3.63) is 88.3 Å². The smallest absolute Gasteiger partial charge is 0.307 e. The Morgan fingerprint density at radius 1 is 1.18 bits per heavy atom. The van der Waals surface area contributed by atoms with Crippen LogP contribution in [0, 0.1) is 18.8 Å². The summed E-state index contributed by atoms with van der Waals surface area (Å²) in [6.45, 7) is 14.7. The molecular weight excluding hydrogens is 526 g/mol. The molecule has 1 heterocycles. The lowest BCUT2D eigenvalue weighted by molar-refractivity contribution is -0.141. The van der Waals surface area contributed by atoms with Crippen LogP contribution in [-0.2, 0) is 32.2 Å². The van der Waals surface area contributed by atoms with Crippen molar-refractivity contribution in [1.29, 1.82) is 0 Å². The molecule has 0 aliphatic rings. The lowest BCUT2D eigenvalue weighted by atomic mass is 9.90. The van der Waals surface area contributed by atoms with Gasteiger partial charge in [-0.2, -0.15) is 0 Å². The number of benzene rings is 2. The molecule has 1 unspecified atom stereocenters. The fourth-order valence-electron chi connectivity index (χ4n) is 3.70. The molecule has 0 spiro atoms. The third-order valence-corrected chi connectivity index (χ3v) is 9.22. The SMILES string of the molecule is C=C(/C=C\c1sc2ccc(C#CCOCc3ccccc3)cc2c1C)[C@](C)(CC(=O)OC)N[S+]([O-])C(C)(C)C. The van der Waals surface area contributed by atoms with Crippen LogP contribution in [0.2, 0.25) is 0 Å². The average molecular weight is 564 g/mol. The Hall–Kier alpha value is -2.86. The van der Waals surface area contributed by atoms with Crippen LogP contribution in [0.15, 0.2) is 66.8 Å². The fourth-order valence-corrected chi connectivity index (χ4v) is 5.72. The average Bonchev–Trinajstić information content (AvgIpc) is 3.21. The van der Waals surface area contributed by atoms with Crippen LogP contribution in [0.5, 0.6) is 0 Å². The van der Waals surface area contributed by atoms with Crippen molar-refractivity contribution in [1.82, 2.24) is 4.72 Å². The topological polar surface area (TPSA) is 70.6 Å². The Morgan fingerprint density at radius 3 is 2.56 bits per heavy atom. The number of carbonyl (C=O) groups is 1. The second-order valence-corrected chi connectivity index (χ2v) is 13.6. The predicted molar refractivity (Wildman–Crippen MR) is 164 cm³/mol. The van der Waals surface area contributed by atoms with E-state index in [-0.39, 0.29) is 6.42 Å². The fraction of sp³-hybridized carbons (Fsp3) is 0.344. The molecule has 1 aromatic heterocycles. The molecule has 39 heavy (non-hydrogen) atoms. The van der Waals surface area contributed by atoms with Crippen molar-refractivity contribution in [3.63, 3.8) is 0 Å². The maximum absolute atomic E-state index is 12.9. The van der Waals surface area contributed by atoms with E-state index in [0.717, 1.165) is 31.7 Å². The minimum Gasteiger partial charge on any atom is -0.598 e. The van der Waals surface area contributed by atoms with Crippen molar-refractivity contribution in [2.45, 2.75) is 57.9 Å². The summed E-state index contributed by atoms with van der Waals surface area (Å²) in [6.07, 6.45) is 3.90. The first kappa shape index (κ1) is 30.7. The molecule has 5 nitrogen and oxygen atoms in total. The number of rotatable bonds is 10. The van der Waals surface area contributed by atoms with E-state index in [2.05, 4.69) is 42.2 Å². The number of carbonyl (C=O) groups excluding carboxylic acids is 1. The van der Waals surface area contributed by atoms with E-state index in [0.29, 0.717) is 18.8 Å². The summed E-state index contributed by atoms with van der Waals surface area (Å²) in [5.41, 5.74) is 2.92. The van der Waals surface area contributed by atoms with Gasteiger partial charge in [-0.1, -0.05) is 54.8 Å². The summed E-state index contributed by atoms with van der Waals surface area (Å²) in [5.74, 6) is 5.90. The van der Waals surface area contributed by atoms with Gasteiger partial charge in [-0.3, -0.25) is 4.79 Å². The van der Waals surface area contributed by atoms with Crippen LogP contribution in [0.3, 0.4) is 0 Å². The van der Waals surface area contributed by atoms with E-state index in [4.69, 9.17) is 9.47 Å². The summed E-state index contributed by atoms with van der Waals surface area (Å²) in [4.78, 5) is 13.3. The standard InChI is InChI=1S/C32H37NO4S2/c1-23(32(6,21-30(34)36-7)33-39(35)31(3,4)5)15-17-28-24(2)27-20-25(16-18-29(27)38-28)14-11-19-37-22-26-12-9-8-10-13-26/h8-10,12-13,15-18,20,33H,1,19,21-22H2,2-7H3/b17-15-/t32-,39?/m0/s1. The van der Waals surface area contributed by atoms with Crippen LogP contribution in [0.4, 0.5) is 0 Å². The molecule has 2 aromatic carbocycles. The minimum absolute atomic E-state index is 0.0109. The van der Waals surface area contributed by atoms with Gasteiger partial charge in [0.1, 0.15) is 11.4 Å². The number of hydrogen-bond donors (Lipinski definition) is 1. The normalized spacial score (nSPS) is 14.0. The maximum atomic E-state index is 12.9. The zero-order chi connectivity index (χ0) is 28.6. The van der Waals surface area contributed by atoms with Crippen molar-refractivity contribution < 1.29 is 18.8 Å². The molecule has 0 fully saturated rings. The lowest BCUT2D eigenvalue weighted by Gasteiger charge is -2.34. The van der Waals surface area contributed by atoms with E-state index < -0.39 is 27.6 Å². The largest absolute Gasteiger partial charge is 0.598 e. The molecule has 0 aliphatic carbocycles. The van der Waals surface area contributed by atoms with Crippen LogP contribution < -0.4 is 4.72 Å². The molecule has 0 aliphatic heterocycles. The highest BCUT2D eigenvalue weighted by atomic mass is 32.2. The van der Waals surface area contributed by atoms with Gasteiger partial charge in [-0.15, -0.1) is 16.1 Å². The van der Waals surface area contributed by atoms with E-state index in [1.165, 1.54) is 7.11 Å². The first-order valence-corrected chi connectivity index (χ1v) is 14.7. The number of aryl methyl sites for hydroxylation is 1. The maximum Gasteiger partial charge on any atom is 0.307 e. The number of methoxy groups -OCH3 is 1. The van der Waals surface area contributed by atoms with Gasteiger partial charge >= 0.3 is 5.97 Å². The van der Waals surface area contributed by atoms with Gasteiger partial charge in [-0.05, 0) is 81.0 Å². The van der Waals surface area contributed by atoms with E-state index in [1.807, 2.05) is 76.2 Å². The number of hydrogen-bond acceptors (Lipinski definition) is 6. The number of thiophene rings is 1. The van der Waals surface area contributed by atoms with E-state index in [9.17, 15) is 9.35 Å². The van der Waals surface area contributed by atoms with Crippen LogP contribution in [0.25, 0.3) is 16.2 Å². The van der Waals surface area contributed by atoms with Gasteiger partial charge in [0.2, 0.25) is 0 Å². The Balaban J connectivity index is 1.74. The minimum atomic E-state index is -1.40. The third kappa shape index (κ3) is 8.56. The summed E-state index contributed by atoms with van der Waals surface area (Å²) in [7, 11) is 1.35. The highest BCUT2D eigenvalue weighted by Crippen LogP contribution is 2.34. The molecule has 1 N–H and O–H groups in total. The monoisotopic (exact) mass is 563 g/mol. The van der Waals surface area contributed by atoms with Crippen molar-refractivity contribution in [2.75, 3.05) is 13.7 Å². The summed E-state index contributed by atoms with van der Waals surface area (Å²) < 4.78 is 27.2. The Bertz CT molecular complexity index is 1390. The van der Waals surface area contributed by atoms with Gasteiger partial charge in [0.05, 0.1) is 25.7 Å². The van der Waals surface area contributed by atoms with Gasteiger partial charge in [-0.25, -0.2) is 0 Å². The quantitative estimate of drug-likeness (QED) is 0.0975. The second-order valence-electron chi connectivity index (χ2n) is 10.5. The van der Waals surface area contributed by atoms with Crippen LogP contribution in [-0.4, -0.2) is 34.5 Å². The predicted octanol–water partition coefficient (Wildman–Crippen LogP) is 6.72. The van der Waals surface area contributed by atoms with Crippen LogP contribution in [0.1, 0.15) is 55.7 Å². The molecule has 3 rings (SSSR count). The Kier molecular flexibility index (Phi) is 10.6. The van der Waals surface area contributed by atoms with Crippen molar-refractivity contribution in [2.24, 2.45) is 0 Å². The molecule has 206 valence electrons. The highest BCUT2D eigenvalue weighted by Gasteiger charge is 2.39. The Labute approximate surface area is 239 Å².